The zero-order valence-corrected chi connectivity index (χ0v) is 10.7. The predicted molar refractivity (Wildman–Crippen MR) is 75.4 cm³/mol. The summed E-state index contributed by atoms with van der Waals surface area (Å²) in [7, 11) is 0. The molecule has 0 aliphatic rings. The summed E-state index contributed by atoms with van der Waals surface area (Å²) >= 11 is 0. The van der Waals surface area contributed by atoms with Crippen molar-refractivity contribution in [2.45, 2.75) is 6.92 Å². The minimum Gasteiger partial charge on any atom is -0.423 e. The molecule has 1 aromatic carbocycles. The van der Waals surface area contributed by atoms with Crippen LogP contribution in [0, 0.1) is 6.92 Å². The van der Waals surface area contributed by atoms with E-state index in [1.165, 1.54) is 12.4 Å². The van der Waals surface area contributed by atoms with Crippen LogP contribution >= 0.6 is 0 Å². The molecule has 0 saturated carbocycles. The van der Waals surface area contributed by atoms with E-state index in [0.29, 0.717) is 21.5 Å². The van der Waals surface area contributed by atoms with E-state index in [-0.39, 0.29) is 5.65 Å². The van der Waals surface area contributed by atoms with Crippen LogP contribution in [-0.4, -0.2) is 19.9 Å². The normalized spacial score (nSPS) is 10.7. The number of nitrogens with zero attached hydrogens (tertiary/aromatic N) is 3. The molecule has 6 heteroatoms. The summed E-state index contributed by atoms with van der Waals surface area (Å²) in [6.07, 6.45) is 1.32. The van der Waals surface area contributed by atoms with Gasteiger partial charge < -0.3 is 10.5 Å². The number of nitrogens with one attached hydrogen (secondary N) is 1. The number of aromatic nitrogens is 3. The van der Waals surface area contributed by atoms with Crippen LogP contribution in [0.1, 0.15) is 5.69 Å². The molecule has 0 spiro atoms. The predicted octanol–water partition coefficient (Wildman–Crippen LogP) is 2.08. The van der Waals surface area contributed by atoms with Crippen LogP contribution in [0.5, 0.6) is 0 Å². The first-order chi connectivity index (χ1) is 9.66. The zero-order chi connectivity index (χ0) is 14.1. The van der Waals surface area contributed by atoms with E-state index < -0.39 is 5.56 Å². The van der Waals surface area contributed by atoms with E-state index in [4.69, 9.17) is 0 Å². The Balaban J connectivity index is 2.25. The fourth-order valence-corrected chi connectivity index (χ4v) is 2.07. The fraction of sp³-hybridized carbons (Fsp3) is 0.0714. The second kappa shape index (κ2) is 4.65. The standard InChI is InChI=1S/C14H12N4O2/c1-9-13-11(17-10-5-3-2-4-6-10)7-12(19)18(20)14(13)16-8-15-9/h2-8,17,20H,1H3. The van der Waals surface area contributed by atoms with Crippen LogP contribution in [0.3, 0.4) is 0 Å². The third-order valence-electron chi connectivity index (χ3n) is 3.02. The molecule has 0 radical (unpaired) electrons. The Morgan fingerprint density at radius 3 is 2.70 bits per heavy atom. The lowest BCUT2D eigenvalue weighted by molar-refractivity contribution is 0.186. The van der Waals surface area contributed by atoms with E-state index in [1.807, 2.05) is 30.3 Å². The van der Waals surface area contributed by atoms with Crippen LogP contribution in [0.4, 0.5) is 11.4 Å². The number of anilines is 2. The van der Waals surface area contributed by atoms with Gasteiger partial charge in [-0.05, 0) is 19.1 Å². The van der Waals surface area contributed by atoms with E-state index in [2.05, 4.69) is 15.3 Å². The molecule has 3 aromatic rings. The van der Waals surface area contributed by atoms with Gasteiger partial charge in [0.25, 0.3) is 5.56 Å². The van der Waals surface area contributed by atoms with Crippen molar-refractivity contribution in [3.63, 3.8) is 0 Å². The number of rotatable bonds is 2. The molecule has 6 nitrogen and oxygen atoms in total. The minimum atomic E-state index is -0.547. The summed E-state index contributed by atoms with van der Waals surface area (Å²) in [4.78, 5) is 19.8. The van der Waals surface area contributed by atoms with Crippen LogP contribution < -0.4 is 10.9 Å². The summed E-state index contributed by atoms with van der Waals surface area (Å²) in [6.45, 7) is 1.80. The number of benzene rings is 1. The Kier molecular flexibility index (Phi) is 2.83. The van der Waals surface area contributed by atoms with Crippen molar-refractivity contribution in [3.8, 4) is 0 Å². The van der Waals surface area contributed by atoms with Crippen molar-refractivity contribution in [2.24, 2.45) is 0 Å². The average Bonchev–Trinajstić information content (AvgIpc) is 2.45. The van der Waals surface area contributed by atoms with Crippen molar-refractivity contribution >= 4 is 22.4 Å². The van der Waals surface area contributed by atoms with Gasteiger partial charge in [0, 0.05) is 11.8 Å². The number of pyridine rings is 1. The molecule has 2 aromatic heterocycles. The molecule has 0 unspecified atom stereocenters. The van der Waals surface area contributed by atoms with Gasteiger partial charge in [-0.25, -0.2) is 9.97 Å². The molecule has 0 bridgehead atoms. The summed E-state index contributed by atoms with van der Waals surface area (Å²) in [5, 5.41) is 13.5. The molecular formula is C14H12N4O2. The highest BCUT2D eigenvalue weighted by Crippen LogP contribution is 2.25. The maximum Gasteiger partial charge on any atom is 0.286 e. The smallest absolute Gasteiger partial charge is 0.286 e. The van der Waals surface area contributed by atoms with Gasteiger partial charge in [0.15, 0.2) is 5.65 Å². The van der Waals surface area contributed by atoms with E-state index in [9.17, 15) is 10.0 Å². The number of fused-ring (bicyclic) bond motifs is 1. The summed E-state index contributed by atoms with van der Waals surface area (Å²) < 4.78 is 0.528. The number of aryl methyl sites for hydroxylation is 1. The highest BCUT2D eigenvalue weighted by Gasteiger charge is 2.12. The molecular weight excluding hydrogens is 256 g/mol. The highest BCUT2D eigenvalue weighted by atomic mass is 16.5. The third kappa shape index (κ3) is 1.97. The molecule has 0 saturated heterocycles. The zero-order valence-electron chi connectivity index (χ0n) is 10.7. The molecule has 0 aliphatic carbocycles. The Morgan fingerprint density at radius 2 is 1.95 bits per heavy atom. The van der Waals surface area contributed by atoms with Gasteiger partial charge in [-0.3, -0.25) is 4.79 Å². The summed E-state index contributed by atoms with van der Waals surface area (Å²) in [5.74, 6) is 0. The fourth-order valence-electron chi connectivity index (χ4n) is 2.07. The molecule has 20 heavy (non-hydrogen) atoms. The lowest BCUT2D eigenvalue weighted by atomic mass is 10.2. The molecule has 0 amide bonds. The Hall–Kier alpha value is -2.89. The average molecular weight is 268 g/mol. The molecule has 0 fully saturated rings. The maximum absolute atomic E-state index is 11.8. The van der Waals surface area contributed by atoms with Crippen molar-refractivity contribution in [1.82, 2.24) is 14.7 Å². The Morgan fingerprint density at radius 1 is 1.20 bits per heavy atom. The summed E-state index contributed by atoms with van der Waals surface area (Å²) in [6, 6.07) is 10.8. The van der Waals surface area contributed by atoms with Crippen molar-refractivity contribution in [1.29, 1.82) is 0 Å². The Bertz CT molecular complexity index is 828. The van der Waals surface area contributed by atoms with Gasteiger partial charge in [-0.2, -0.15) is 0 Å². The summed E-state index contributed by atoms with van der Waals surface area (Å²) in [5.41, 5.74) is 1.72. The lowest BCUT2D eigenvalue weighted by Gasteiger charge is -2.11. The highest BCUT2D eigenvalue weighted by molar-refractivity contribution is 5.92. The van der Waals surface area contributed by atoms with Gasteiger partial charge in [0.05, 0.1) is 16.8 Å². The quantitative estimate of drug-likeness (QED) is 0.695. The second-order valence-electron chi connectivity index (χ2n) is 4.36. The molecule has 100 valence electrons. The SMILES string of the molecule is Cc1ncnc2c1c(Nc1ccccc1)cc(=O)n2O. The first-order valence-electron chi connectivity index (χ1n) is 6.05. The monoisotopic (exact) mass is 268 g/mol. The van der Waals surface area contributed by atoms with Crippen molar-refractivity contribution in [3.05, 3.63) is 58.8 Å². The first kappa shape index (κ1) is 12.2. The van der Waals surface area contributed by atoms with Crippen LogP contribution in [-0.2, 0) is 0 Å². The van der Waals surface area contributed by atoms with Gasteiger partial charge in [0.1, 0.15) is 6.33 Å². The largest absolute Gasteiger partial charge is 0.423 e. The van der Waals surface area contributed by atoms with Crippen LogP contribution in [0.15, 0.2) is 47.5 Å². The molecule has 0 atom stereocenters. The lowest BCUT2D eigenvalue weighted by Crippen LogP contribution is -2.19. The first-order valence-corrected chi connectivity index (χ1v) is 6.05. The maximum atomic E-state index is 11.8. The van der Waals surface area contributed by atoms with Gasteiger partial charge in [-0.1, -0.05) is 18.2 Å². The molecule has 3 rings (SSSR count). The second-order valence-corrected chi connectivity index (χ2v) is 4.36. The van der Waals surface area contributed by atoms with E-state index >= 15 is 0 Å². The van der Waals surface area contributed by atoms with Crippen LogP contribution in [0.2, 0.25) is 0 Å². The number of hydrogen-bond acceptors (Lipinski definition) is 5. The van der Waals surface area contributed by atoms with Gasteiger partial charge >= 0.3 is 0 Å². The minimum absolute atomic E-state index is 0.184. The molecule has 2 heterocycles. The van der Waals surface area contributed by atoms with E-state index in [1.54, 1.807) is 6.92 Å². The van der Waals surface area contributed by atoms with Gasteiger partial charge in [0.2, 0.25) is 0 Å². The Labute approximate surface area is 114 Å². The third-order valence-corrected chi connectivity index (χ3v) is 3.02. The molecule has 2 N–H and O–H groups in total. The van der Waals surface area contributed by atoms with Gasteiger partial charge in [-0.15, -0.1) is 4.73 Å². The van der Waals surface area contributed by atoms with Crippen molar-refractivity contribution < 1.29 is 5.21 Å². The number of para-hydroxylation sites is 1. The van der Waals surface area contributed by atoms with Crippen molar-refractivity contribution in [2.75, 3.05) is 5.32 Å². The number of hydrogen-bond donors (Lipinski definition) is 2. The molecule has 0 aliphatic heterocycles. The van der Waals surface area contributed by atoms with E-state index in [0.717, 1.165) is 5.69 Å². The van der Waals surface area contributed by atoms with Crippen LogP contribution in [0.25, 0.3) is 11.0 Å². The topological polar surface area (TPSA) is 80.0 Å².